The molecule has 2 aromatic rings. The van der Waals surface area contributed by atoms with Crippen molar-refractivity contribution < 1.29 is 13.2 Å². The van der Waals surface area contributed by atoms with Gasteiger partial charge in [0.2, 0.25) is 0 Å². The van der Waals surface area contributed by atoms with Crippen molar-refractivity contribution in [2.24, 2.45) is 12.5 Å². The summed E-state index contributed by atoms with van der Waals surface area (Å²) in [5.74, 6) is 0. The van der Waals surface area contributed by atoms with Gasteiger partial charge in [-0.3, -0.25) is 4.68 Å². The third-order valence-corrected chi connectivity index (χ3v) is 3.12. The van der Waals surface area contributed by atoms with Crippen LogP contribution in [0.15, 0.2) is 18.5 Å². The molecular formula is C12H15F3N4. The second-order valence-electron chi connectivity index (χ2n) is 5.10. The Kier molecular flexibility index (Phi) is 3.15. The van der Waals surface area contributed by atoms with Crippen LogP contribution in [0.2, 0.25) is 0 Å². The molecule has 2 heterocycles. The van der Waals surface area contributed by atoms with Crippen molar-refractivity contribution >= 4 is 16.7 Å². The van der Waals surface area contributed by atoms with Gasteiger partial charge in [-0.2, -0.15) is 18.3 Å². The normalized spacial score (nSPS) is 12.9. The van der Waals surface area contributed by atoms with E-state index in [0.717, 1.165) is 0 Å². The van der Waals surface area contributed by atoms with Crippen LogP contribution < -0.4 is 5.32 Å². The van der Waals surface area contributed by atoms with Gasteiger partial charge in [-0.1, -0.05) is 0 Å². The van der Waals surface area contributed by atoms with Crippen molar-refractivity contribution in [3.05, 3.63) is 18.5 Å². The quantitative estimate of drug-likeness (QED) is 0.934. The predicted molar refractivity (Wildman–Crippen MR) is 66.8 cm³/mol. The molecule has 0 amide bonds. The first kappa shape index (κ1) is 13.6. The Balaban J connectivity index is 2.23. The molecule has 4 nitrogen and oxygen atoms in total. The van der Waals surface area contributed by atoms with Crippen LogP contribution in [0.25, 0.3) is 11.0 Å². The second-order valence-corrected chi connectivity index (χ2v) is 5.10. The molecule has 0 fully saturated rings. The molecule has 0 aliphatic carbocycles. The van der Waals surface area contributed by atoms with E-state index in [1.807, 2.05) is 0 Å². The van der Waals surface area contributed by atoms with Gasteiger partial charge in [0.1, 0.15) is 0 Å². The van der Waals surface area contributed by atoms with Gasteiger partial charge in [0, 0.05) is 25.5 Å². The highest BCUT2D eigenvalue weighted by Crippen LogP contribution is 2.37. The van der Waals surface area contributed by atoms with E-state index in [0.29, 0.717) is 16.7 Å². The predicted octanol–water partition coefficient (Wildman–Crippen LogP) is 2.97. The van der Waals surface area contributed by atoms with Crippen molar-refractivity contribution in [3.8, 4) is 0 Å². The van der Waals surface area contributed by atoms with E-state index in [9.17, 15) is 13.2 Å². The Morgan fingerprint density at radius 3 is 2.63 bits per heavy atom. The molecule has 0 bridgehead atoms. The van der Waals surface area contributed by atoms with E-state index in [2.05, 4.69) is 15.4 Å². The van der Waals surface area contributed by atoms with Crippen molar-refractivity contribution in [2.45, 2.75) is 20.0 Å². The number of aromatic nitrogens is 3. The molecule has 0 saturated heterocycles. The maximum atomic E-state index is 12.8. The zero-order chi connectivity index (χ0) is 14.3. The van der Waals surface area contributed by atoms with Crippen LogP contribution in [0.5, 0.6) is 0 Å². The zero-order valence-corrected chi connectivity index (χ0v) is 10.9. The molecule has 0 saturated carbocycles. The number of rotatable bonds is 3. The lowest BCUT2D eigenvalue weighted by Crippen LogP contribution is -2.38. The van der Waals surface area contributed by atoms with E-state index in [1.165, 1.54) is 13.8 Å². The molecule has 0 aromatic carbocycles. The molecular weight excluding hydrogens is 257 g/mol. The van der Waals surface area contributed by atoms with Gasteiger partial charge in [0.15, 0.2) is 5.65 Å². The number of fused-ring (bicyclic) bond motifs is 1. The van der Waals surface area contributed by atoms with Gasteiger partial charge in [-0.25, -0.2) is 4.98 Å². The molecule has 19 heavy (non-hydrogen) atoms. The molecule has 2 rings (SSSR count). The summed E-state index contributed by atoms with van der Waals surface area (Å²) < 4.78 is 39.9. The Labute approximate surface area is 108 Å². The van der Waals surface area contributed by atoms with Gasteiger partial charge in [0.25, 0.3) is 0 Å². The molecule has 2 aromatic heterocycles. The van der Waals surface area contributed by atoms with Crippen LogP contribution in [0.1, 0.15) is 13.8 Å². The number of hydrogen-bond acceptors (Lipinski definition) is 3. The number of nitrogens with one attached hydrogen (secondary N) is 1. The smallest absolute Gasteiger partial charge is 0.383 e. The van der Waals surface area contributed by atoms with Crippen molar-refractivity contribution in [1.29, 1.82) is 0 Å². The zero-order valence-electron chi connectivity index (χ0n) is 10.9. The summed E-state index contributed by atoms with van der Waals surface area (Å²) in [6.07, 6.45) is -1.11. The van der Waals surface area contributed by atoms with Crippen molar-refractivity contribution in [1.82, 2.24) is 14.8 Å². The van der Waals surface area contributed by atoms with Crippen LogP contribution in [-0.4, -0.2) is 27.5 Å². The van der Waals surface area contributed by atoms with Crippen molar-refractivity contribution in [3.63, 3.8) is 0 Å². The lowest BCUT2D eigenvalue weighted by molar-refractivity contribution is -0.206. The summed E-state index contributed by atoms with van der Waals surface area (Å²) in [6.45, 7) is 2.13. The number of hydrogen-bond donors (Lipinski definition) is 1. The maximum absolute atomic E-state index is 12.8. The molecule has 0 aliphatic heterocycles. The number of pyridine rings is 1. The number of halogens is 3. The lowest BCUT2D eigenvalue weighted by Gasteiger charge is -2.28. The molecule has 0 atom stereocenters. The van der Waals surface area contributed by atoms with Gasteiger partial charge in [-0.05, 0) is 19.9 Å². The summed E-state index contributed by atoms with van der Waals surface area (Å²) in [5, 5.41) is 7.59. The topological polar surface area (TPSA) is 42.7 Å². The third-order valence-electron chi connectivity index (χ3n) is 3.12. The standard InChI is InChI=1S/C12H15F3N4/c1-11(2,12(13,14)15)7-17-9-4-5-16-10-8(9)6-18-19(10)3/h4-6H,7H2,1-3H3,(H,16,17). The Bertz CT molecular complexity index is 586. The van der Waals surface area contributed by atoms with E-state index in [1.54, 1.807) is 30.2 Å². The second kappa shape index (κ2) is 4.40. The SMILES string of the molecule is Cn1ncc2c(NCC(C)(C)C(F)(F)F)ccnc21. The fraction of sp³-hybridized carbons (Fsp3) is 0.500. The molecule has 0 unspecified atom stereocenters. The summed E-state index contributed by atoms with van der Waals surface area (Å²) in [4.78, 5) is 4.13. The van der Waals surface area contributed by atoms with Gasteiger partial charge >= 0.3 is 6.18 Å². The maximum Gasteiger partial charge on any atom is 0.395 e. The minimum absolute atomic E-state index is 0.204. The average molecular weight is 272 g/mol. The summed E-state index contributed by atoms with van der Waals surface area (Å²) >= 11 is 0. The van der Waals surface area contributed by atoms with Crippen molar-refractivity contribution in [2.75, 3.05) is 11.9 Å². The highest BCUT2D eigenvalue weighted by atomic mass is 19.4. The van der Waals surface area contributed by atoms with E-state index < -0.39 is 11.6 Å². The number of nitrogens with zero attached hydrogens (tertiary/aromatic N) is 3. The highest BCUT2D eigenvalue weighted by molar-refractivity contribution is 5.88. The van der Waals surface area contributed by atoms with Crippen LogP contribution >= 0.6 is 0 Å². The first-order valence-corrected chi connectivity index (χ1v) is 5.80. The monoisotopic (exact) mass is 272 g/mol. The van der Waals surface area contributed by atoms with Gasteiger partial charge < -0.3 is 5.32 Å². The Morgan fingerprint density at radius 2 is 2.00 bits per heavy atom. The molecule has 0 radical (unpaired) electrons. The van der Waals surface area contributed by atoms with E-state index in [4.69, 9.17) is 0 Å². The van der Waals surface area contributed by atoms with Crippen LogP contribution in [0, 0.1) is 5.41 Å². The fourth-order valence-corrected chi connectivity index (χ4v) is 1.62. The largest absolute Gasteiger partial charge is 0.395 e. The van der Waals surface area contributed by atoms with E-state index in [-0.39, 0.29) is 6.54 Å². The molecule has 0 aliphatic rings. The Morgan fingerprint density at radius 1 is 1.32 bits per heavy atom. The third kappa shape index (κ3) is 2.50. The number of aryl methyl sites for hydroxylation is 1. The molecule has 0 spiro atoms. The molecule has 1 N–H and O–H groups in total. The number of alkyl halides is 3. The highest BCUT2D eigenvalue weighted by Gasteiger charge is 2.46. The minimum atomic E-state index is -4.25. The number of anilines is 1. The van der Waals surface area contributed by atoms with Crippen LogP contribution in [-0.2, 0) is 7.05 Å². The summed E-state index contributed by atoms with van der Waals surface area (Å²) in [6, 6.07) is 1.65. The minimum Gasteiger partial charge on any atom is -0.383 e. The fourth-order valence-electron chi connectivity index (χ4n) is 1.62. The molecule has 104 valence electrons. The van der Waals surface area contributed by atoms with Crippen LogP contribution in [0.4, 0.5) is 18.9 Å². The first-order chi connectivity index (χ1) is 8.72. The lowest BCUT2D eigenvalue weighted by atomic mass is 9.92. The molecule has 7 heteroatoms. The van der Waals surface area contributed by atoms with Crippen LogP contribution in [0.3, 0.4) is 0 Å². The van der Waals surface area contributed by atoms with Gasteiger partial charge in [0.05, 0.1) is 17.0 Å². The Hall–Kier alpha value is -1.79. The first-order valence-electron chi connectivity index (χ1n) is 5.80. The van der Waals surface area contributed by atoms with Gasteiger partial charge in [-0.15, -0.1) is 0 Å². The summed E-state index contributed by atoms with van der Waals surface area (Å²) in [7, 11) is 1.73. The average Bonchev–Trinajstić information content (AvgIpc) is 2.68. The van der Waals surface area contributed by atoms with E-state index >= 15 is 0 Å². The summed E-state index contributed by atoms with van der Waals surface area (Å²) in [5.41, 5.74) is -0.560.